The minimum Gasteiger partial charge on any atom is -0.497 e. The van der Waals surface area contributed by atoms with Crippen LogP contribution in [0, 0.1) is 17.1 Å². The van der Waals surface area contributed by atoms with Crippen LogP contribution in [0.1, 0.15) is 5.01 Å². The highest BCUT2D eigenvalue weighted by molar-refractivity contribution is 7.11. The first-order valence-electron chi connectivity index (χ1n) is 7.42. The van der Waals surface area contributed by atoms with Crippen molar-refractivity contribution in [1.82, 2.24) is 4.98 Å². The van der Waals surface area contributed by atoms with Gasteiger partial charge in [-0.15, -0.1) is 11.3 Å². The van der Waals surface area contributed by atoms with Crippen LogP contribution >= 0.6 is 11.3 Å². The summed E-state index contributed by atoms with van der Waals surface area (Å²) in [6.07, 6.45) is 1.61. The molecule has 25 heavy (non-hydrogen) atoms. The van der Waals surface area contributed by atoms with Crippen LogP contribution in [0.2, 0.25) is 0 Å². The van der Waals surface area contributed by atoms with Crippen molar-refractivity contribution in [3.63, 3.8) is 0 Å². The number of nitriles is 1. The van der Waals surface area contributed by atoms with Crippen LogP contribution in [0.25, 0.3) is 16.8 Å². The Balaban J connectivity index is 1.81. The zero-order chi connectivity index (χ0) is 17.6. The van der Waals surface area contributed by atoms with E-state index in [4.69, 9.17) is 4.74 Å². The van der Waals surface area contributed by atoms with Crippen molar-refractivity contribution in [2.45, 2.75) is 0 Å². The second-order valence-corrected chi connectivity index (χ2v) is 5.95. The van der Waals surface area contributed by atoms with Gasteiger partial charge in [0.25, 0.3) is 0 Å². The molecule has 1 N–H and O–H groups in total. The van der Waals surface area contributed by atoms with E-state index in [1.54, 1.807) is 25.4 Å². The lowest BCUT2D eigenvalue weighted by atomic mass is 10.2. The Labute approximate surface area is 148 Å². The second-order valence-electron chi connectivity index (χ2n) is 5.09. The number of hydrogen-bond donors (Lipinski definition) is 1. The molecule has 0 amide bonds. The van der Waals surface area contributed by atoms with Gasteiger partial charge in [0.05, 0.1) is 12.8 Å². The van der Waals surface area contributed by atoms with Gasteiger partial charge in [-0.25, -0.2) is 9.37 Å². The quantitative estimate of drug-likeness (QED) is 0.662. The number of methoxy groups -OCH3 is 1. The van der Waals surface area contributed by atoms with E-state index >= 15 is 0 Å². The summed E-state index contributed by atoms with van der Waals surface area (Å²) in [5, 5.41) is 14.9. The zero-order valence-corrected chi connectivity index (χ0v) is 14.2. The number of nitrogens with one attached hydrogen (secondary N) is 1. The van der Waals surface area contributed by atoms with Crippen molar-refractivity contribution in [2.75, 3.05) is 12.4 Å². The van der Waals surface area contributed by atoms with Crippen molar-refractivity contribution < 1.29 is 9.13 Å². The summed E-state index contributed by atoms with van der Waals surface area (Å²) in [6.45, 7) is 0. The summed E-state index contributed by atoms with van der Waals surface area (Å²) in [7, 11) is 1.60. The summed E-state index contributed by atoms with van der Waals surface area (Å²) < 4.78 is 18.2. The fourth-order valence-corrected chi connectivity index (χ4v) is 2.96. The van der Waals surface area contributed by atoms with Gasteiger partial charge >= 0.3 is 0 Å². The molecule has 6 heteroatoms. The number of aromatic nitrogens is 1. The van der Waals surface area contributed by atoms with E-state index in [9.17, 15) is 9.65 Å². The van der Waals surface area contributed by atoms with Crippen LogP contribution in [-0.4, -0.2) is 12.1 Å². The monoisotopic (exact) mass is 351 g/mol. The molecule has 0 fully saturated rings. The molecule has 0 aliphatic carbocycles. The van der Waals surface area contributed by atoms with E-state index in [-0.39, 0.29) is 5.82 Å². The summed E-state index contributed by atoms with van der Waals surface area (Å²) in [5.74, 6) is 0.434. The van der Waals surface area contributed by atoms with Crippen LogP contribution in [0.4, 0.5) is 10.1 Å². The van der Waals surface area contributed by atoms with Gasteiger partial charge in [-0.1, -0.05) is 6.07 Å². The fraction of sp³-hybridized carbons (Fsp3) is 0.0526. The molecule has 0 saturated carbocycles. The van der Waals surface area contributed by atoms with E-state index in [2.05, 4.69) is 16.4 Å². The van der Waals surface area contributed by atoms with Gasteiger partial charge in [0, 0.05) is 28.9 Å². The Kier molecular flexibility index (Phi) is 5.07. The van der Waals surface area contributed by atoms with Crippen molar-refractivity contribution in [2.24, 2.45) is 0 Å². The highest BCUT2D eigenvalue weighted by Gasteiger charge is 2.09. The molecule has 1 aromatic heterocycles. The van der Waals surface area contributed by atoms with Crippen molar-refractivity contribution in [3.8, 4) is 23.1 Å². The zero-order valence-electron chi connectivity index (χ0n) is 13.4. The predicted molar refractivity (Wildman–Crippen MR) is 97.7 cm³/mol. The third kappa shape index (κ3) is 4.03. The average Bonchev–Trinajstić information content (AvgIpc) is 3.13. The average molecular weight is 351 g/mol. The van der Waals surface area contributed by atoms with Crippen LogP contribution in [0.5, 0.6) is 5.75 Å². The molecule has 0 aliphatic rings. The number of hydrogen-bond acceptors (Lipinski definition) is 5. The van der Waals surface area contributed by atoms with Crippen LogP contribution < -0.4 is 10.1 Å². The molecular weight excluding hydrogens is 337 g/mol. The number of halogens is 1. The van der Waals surface area contributed by atoms with E-state index in [1.165, 1.54) is 23.5 Å². The SMILES string of the molecule is COc1cccc(NC=C(C#N)c2nc(-c3ccc(F)cc3)cs2)c1. The number of anilines is 1. The first-order valence-corrected chi connectivity index (χ1v) is 8.30. The summed E-state index contributed by atoms with van der Waals surface area (Å²) in [6, 6.07) is 15.7. The maximum absolute atomic E-state index is 13.0. The molecule has 0 saturated heterocycles. The largest absolute Gasteiger partial charge is 0.497 e. The minimum absolute atomic E-state index is 0.292. The van der Waals surface area contributed by atoms with Crippen molar-refractivity contribution >= 4 is 22.6 Å². The van der Waals surface area contributed by atoms with Crippen molar-refractivity contribution in [3.05, 3.63) is 70.9 Å². The van der Waals surface area contributed by atoms with Gasteiger partial charge in [-0.2, -0.15) is 5.26 Å². The van der Waals surface area contributed by atoms with Crippen molar-refractivity contribution in [1.29, 1.82) is 5.26 Å². The number of rotatable bonds is 5. The molecule has 0 unspecified atom stereocenters. The Morgan fingerprint density at radius 3 is 2.80 bits per heavy atom. The fourth-order valence-electron chi connectivity index (χ4n) is 2.16. The molecule has 2 aromatic carbocycles. The molecule has 0 spiro atoms. The number of thiazole rings is 1. The number of benzene rings is 2. The molecule has 1 heterocycles. The normalized spacial score (nSPS) is 11.0. The van der Waals surface area contributed by atoms with Crippen LogP contribution in [0.3, 0.4) is 0 Å². The van der Waals surface area contributed by atoms with Gasteiger partial charge in [-0.05, 0) is 36.4 Å². The van der Waals surface area contributed by atoms with E-state index in [0.29, 0.717) is 16.3 Å². The Hall–Kier alpha value is -3.17. The van der Waals surface area contributed by atoms with Gasteiger partial charge in [0.2, 0.25) is 0 Å². The molecule has 3 rings (SSSR count). The molecular formula is C19H14FN3OS. The molecule has 3 aromatic rings. The van der Waals surface area contributed by atoms with Gasteiger partial charge < -0.3 is 10.1 Å². The first kappa shape index (κ1) is 16.7. The third-order valence-corrected chi connectivity index (χ3v) is 4.32. The third-order valence-electron chi connectivity index (χ3n) is 3.45. The first-order chi connectivity index (χ1) is 12.2. The van der Waals surface area contributed by atoms with Crippen LogP contribution in [-0.2, 0) is 0 Å². The Bertz CT molecular complexity index is 942. The predicted octanol–water partition coefficient (Wildman–Crippen LogP) is 4.93. The highest BCUT2D eigenvalue weighted by atomic mass is 32.1. The number of allylic oxidation sites excluding steroid dienone is 1. The smallest absolute Gasteiger partial charge is 0.136 e. The summed E-state index contributed by atoms with van der Waals surface area (Å²) in [5.41, 5.74) is 2.74. The van der Waals surface area contributed by atoms with Gasteiger partial charge in [0.1, 0.15) is 28.2 Å². The summed E-state index contributed by atoms with van der Waals surface area (Å²) in [4.78, 5) is 4.47. The van der Waals surface area contributed by atoms with Gasteiger partial charge in [-0.3, -0.25) is 0 Å². The van der Waals surface area contributed by atoms with Crippen LogP contribution in [0.15, 0.2) is 60.1 Å². The minimum atomic E-state index is -0.292. The van der Waals surface area contributed by atoms with E-state index in [1.807, 2.05) is 29.6 Å². The standard InChI is InChI=1S/C19H14FN3OS/c1-24-17-4-2-3-16(9-17)22-11-14(10-21)19-23-18(12-25-19)13-5-7-15(20)8-6-13/h2-9,11-12,22H,1H3. The molecule has 0 bridgehead atoms. The lowest BCUT2D eigenvalue weighted by Gasteiger charge is -2.04. The molecule has 0 atom stereocenters. The number of nitrogens with zero attached hydrogens (tertiary/aromatic N) is 2. The summed E-state index contributed by atoms with van der Waals surface area (Å²) >= 11 is 1.36. The van der Waals surface area contributed by atoms with E-state index in [0.717, 1.165) is 17.0 Å². The van der Waals surface area contributed by atoms with E-state index < -0.39 is 0 Å². The maximum atomic E-state index is 13.0. The molecule has 124 valence electrons. The lowest BCUT2D eigenvalue weighted by Crippen LogP contribution is -1.92. The topological polar surface area (TPSA) is 57.9 Å². The molecule has 0 radical (unpaired) electrons. The van der Waals surface area contributed by atoms with Gasteiger partial charge in [0.15, 0.2) is 0 Å². The number of ether oxygens (including phenoxy) is 1. The molecule has 0 aliphatic heterocycles. The highest BCUT2D eigenvalue weighted by Crippen LogP contribution is 2.26. The lowest BCUT2D eigenvalue weighted by molar-refractivity contribution is 0.415. The Morgan fingerprint density at radius 1 is 1.28 bits per heavy atom. The molecule has 4 nitrogen and oxygen atoms in total. The Morgan fingerprint density at radius 2 is 2.08 bits per heavy atom. The second kappa shape index (κ2) is 7.60. The maximum Gasteiger partial charge on any atom is 0.136 e.